The first-order chi connectivity index (χ1) is 39.1. The molecule has 406 valence electrons. The second-order valence-corrected chi connectivity index (χ2v) is 18.9. The van der Waals surface area contributed by atoms with Gasteiger partial charge < -0.3 is 42.3 Å². The third-order valence-electron chi connectivity index (χ3n) is 12.4. The molecule has 0 unspecified atom stereocenters. The molecule has 0 saturated heterocycles. The molecule has 2 aromatic heterocycles. The van der Waals surface area contributed by atoms with Crippen LogP contribution in [0.5, 0.6) is 0 Å². The lowest BCUT2D eigenvalue weighted by molar-refractivity contribution is 0.0979. The van der Waals surface area contributed by atoms with Crippen LogP contribution >= 0.6 is 0 Å². The van der Waals surface area contributed by atoms with Gasteiger partial charge in [-0.1, -0.05) is 47.9 Å². The average molecular weight is 1090 g/mol. The summed E-state index contributed by atoms with van der Waals surface area (Å²) in [5.74, 6) is 9.96. The predicted octanol–water partition coefficient (Wildman–Crippen LogP) is 10.7. The third kappa shape index (κ3) is 15.9. The van der Waals surface area contributed by atoms with E-state index < -0.39 is 47.1 Å². The maximum Gasteiger partial charge on any atom is 0.412 e. The van der Waals surface area contributed by atoms with Crippen LogP contribution in [0.3, 0.4) is 0 Å². The molecule has 0 saturated carbocycles. The topological polar surface area (TPSA) is 224 Å². The van der Waals surface area contributed by atoms with Crippen molar-refractivity contribution in [1.82, 2.24) is 20.6 Å². The minimum absolute atomic E-state index is 0.0532. The van der Waals surface area contributed by atoms with Crippen molar-refractivity contribution in [1.29, 1.82) is 0 Å². The van der Waals surface area contributed by atoms with E-state index in [4.69, 9.17) is 5.73 Å². The van der Waals surface area contributed by atoms with Crippen LogP contribution < -0.4 is 42.1 Å². The molecule has 0 bridgehead atoms. The van der Waals surface area contributed by atoms with Crippen molar-refractivity contribution in [2.75, 3.05) is 51.1 Å². The number of benzene rings is 6. The highest BCUT2D eigenvalue weighted by Crippen LogP contribution is 2.33. The molecule has 6 aromatic carbocycles. The Bertz CT molecular complexity index is 3710. The minimum Gasteiger partial charge on any atom is -0.465 e. The molecule has 8 N–H and O–H groups in total. The lowest BCUT2D eigenvalue weighted by Crippen LogP contribution is -2.55. The number of carbonyl (C=O) groups is 5. The van der Waals surface area contributed by atoms with Crippen LogP contribution in [0.15, 0.2) is 183 Å². The van der Waals surface area contributed by atoms with Crippen molar-refractivity contribution >= 4 is 64.1 Å². The van der Waals surface area contributed by atoms with Crippen LogP contribution in [0.2, 0.25) is 0 Å². The van der Waals surface area contributed by atoms with Crippen LogP contribution in [-0.4, -0.2) is 70.2 Å². The quantitative estimate of drug-likeness (QED) is 0.0361. The molecule has 81 heavy (non-hydrogen) atoms. The molecule has 8 rings (SSSR count). The largest absolute Gasteiger partial charge is 0.465 e. The normalized spacial score (nSPS) is 10.6. The molecule has 0 aliphatic rings. The molecule has 0 aliphatic heterocycles. The molecule has 0 aliphatic carbocycles. The molecule has 0 atom stereocenters. The van der Waals surface area contributed by atoms with Gasteiger partial charge in [0.15, 0.2) is 0 Å². The summed E-state index contributed by atoms with van der Waals surface area (Å²) in [5.41, 5.74) is 9.77. The number of nitrogen functional groups attached to an aromatic ring is 1. The molecule has 8 aromatic rings. The fraction of sp³-hybridized carbons (Fsp3) is 0.127. The Balaban J connectivity index is 1.08. The van der Waals surface area contributed by atoms with Gasteiger partial charge in [0.25, 0.3) is 11.8 Å². The molecule has 2 heterocycles. The van der Waals surface area contributed by atoms with Crippen LogP contribution in [0, 0.1) is 35.3 Å². The summed E-state index contributed by atoms with van der Waals surface area (Å²) in [6.07, 6.45) is 6.41. The monoisotopic (exact) mass is 1080 g/mol. The first-order valence-corrected chi connectivity index (χ1v) is 25.4. The first-order valence-electron chi connectivity index (χ1n) is 25.4. The Kier molecular flexibility index (Phi) is 18.4. The second kappa shape index (κ2) is 26.5. The summed E-state index contributed by atoms with van der Waals surface area (Å²) < 4.78 is 27.7. The van der Waals surface area contributed by atoms with E-state index in [0.717, 1.165) is 16.0 Å². The van der Waals surface area contributed by atoms with E-state index >= 15 is 0 Å². The van der Waals surface area contributed by atoms with Crippen molar-refractivity contribution in [2.24, 2.45) is 0 Å². The summed E-state index contributed by atoms with van der Waals surface area (Å²) in [5, 5.41) is 25.2. The number of nitrogens with one attached hydrogen (secondary N) is 5. The van der Waals surface area contributed by atoms with Crippen LogP contribution in [0.1, 0.15) is 67.9 Å². The second-order valence-electron chi connectivity index (χ2n) is 18.9. The van der Waals surface area contributed by atoms with E-state index in [-0.39, 0.29) is 40.3 Å². The average Bonchev–Trinajstić information content (AvgIpc) is 3.65. The van der Waals surface area contributed by atoms with E-state index in [2.05, 4.69) is 60.2 Å². The zero-order valence-electron chi connectivity index (χ0n) is 44.0. The number of rotatable bonds is 16. The van der Waals surface area contributed by atoms with Crippen molar-refractivity contribution in [2.45, 2.75) is 32.2 Å². The van der Waals surface area contributed by atoms with Crippen LogP contribution in [0.25, 0.3) is 0 Å². The van der Waals surface area contributed by atoms with Crippen molar-refractivity contribution < 1.29 is 37.9 Å². The van der Waals surface area contributed by atoms with E-state index in [1.54, 1.807) is 99.3 Å². The molecule has 0 fully saturated rings. The van der Waals surface area contributed by atoms with Gasteiger partial charge in [-0.2, -0.15) is 0 Å². The van der Waals surface area contributed by atoms with Gasteiger partial charge in [-0.15, -0.1) is 0 Å². The van der Waals surface area contributed by atoms with Gasteiger partial charge in [0.1, 0.15) is 11.6 Å². The Hall–Kier alpha value is -10.9. The number of carbonyl (C=O) groups excluding carboxylic acids is 4. The van der Waals surface area contributed by atoms with Gasteiger partial charge in [-0.05, 0) is 171 Å². The van der Waals surface area contributed by atoms with Gasteiger partial charge in [0.2, 0.25) is 0 Å². The third-order valence-corrected chi connectivity index (χ3v) is 12.4. The molecule has 7 amide bonds. The standard InChI is InChI=1S/C63H54F2N10O6/c1-63(2,41-74(59(77)49-10-3-11-52(66)35-49)57-28-26-54(37-47(57)20-14-43-17-23-51(65)24-18-43)72-61(79)70-34-30-45-8-6-32-68-40-45)75(62(80)81)55-12-4-9-48(38-55)58(76)73-56-27-25-53(36-46(56)19-13-42-15-21-50(64)22-16-42)71-60(78)69-33-29-44-7-5-31-67-39-44/h3-12,15-18,21-28,31-32,35-40H,29-30,33-34,41,66H2,1-2H3,(H,73,76)(H,80,81)(H2,69,71,78)(H2,70,72,79). The molecule has 16 nitrogen and oxygen atoms in total. The summed E-state index contributed by atoms with van der Waals surface area (Å²) in [4.78, 5) is 79.5. The Morgan fingerprint density at radius 2 is 1.14 bits per heavy atom. The van der Waals surface area contributed by atoms with Crippen LogP contribution in [-0.2, 0) is 12.8 Å². The number of carboxylic acid groups (broad SMARTS) is 1. The lowest BCUT2D eigenvalue weighted by atomic mass is 9.98. The summed E-state index contributed by atoms with van der Waals surface area (Å²) in [6.45, 7) is 3.56. The highest BCUT2D eigenvalue weighted by Gasteiger charge is 2.37. The van der Waals surface area contributed by atoms with Gasteiger partial charge in [0.05, 0.1) is 28.0 Å². The van der Waals surface area contributed by atoms with Crippen molar-refractivity contribution in [3.8, 4) is 23.7 Å². The molecule has 0 radical (unpaired) electrons. The van der Waals surface area contributed by atoms with E-state index in [1.807, 2.05) is 18.2 Å². The number of pyridine rings is 2. The van der Waals surface area contributed by atoms with Gasteiger partial charge in [-0.3, -0.25) is 24.5 Å². The van der Waals surface area contributed by atoms with E-state index in [0.29, 0.717) is 59.7 Å². The van der Waals surface area contributed by atoms with Crippen molar-refractivity contribution in [3.63, 3.8) is 0 Å². The van der Waals surface area contributed by atoms with Crippen molar-refractivity contribution in [3.05, 3.63) is 239 Å². The molecule has 0 spiro atoms. The maximum absolute atomic E-state index is 14.9. The number of nitrogens with two attached hydrogens (primary N) is 1. The molecular weight excluding hydrogens is 1030 g/mol. The zero-order valence-corrected chi connectivity index (χ0v) is 44.0. The predicted molar refractivity (Wildman–Crippen MR) is 309 cm³/mol. The van der Waals surface area contributed by atoms with Crippen LogP contribution in [0.4, 0.5) is 57.3 Å². The Labute approximate surface area is 466 Å². The van der Waals surface area contributed by atoms with E-state index in [1.165, 1.54) is 83.8 Å². The van der Waals surface area contributed by atoms with Gasteiger partial charge >= 0.3 is 18.2 Å². The highest BCUT2D eigenvalue weighted by atomic mass is 19.1. The molecule has 18 heteroatoms. The number of anilines is 6. The zero-order chi connectivity index (χ0) is 57.3. The molecular formula is C63H54F2N10O6. The first kappa shape index (κ1) is 56.4. The summed E-state index contributed by atoms with van der Waals surface area (Å²) in [7, 11) is 0. The number of aromatic nitrogens is 2. The SMILES string of the molecule is CC(C)(CN(C(=O)c1cccc(N)c1)c1ccc(NC(=O)NCCc2cccnc2)cc1C#Cc1ccc(F)cc1)N(C(=O)O)c1cccc(C(=O)Nc2ccc(NC(=O)NCCc3cccnc3)cc2C#Cc2ccc(F)cc2)c1. The minimum atomic E-state index is -1.49. The fourth-order valence-corrected chi connectivity index (χ4v) is 8.46. The summed E-state index contributed by atoms with van der Waals surface area (Å²) >= 11 is 0. The Morgan fingerprint density at radius 3 is 1.69 bits per heavy atom. The number of amides is 7. The summed E-state index contributed by atoms with van der Waals surface area (Å²) in [6, 6.07) is 39.1. The lowest BCUT2D eigenvalue weighted by Gasteiger charge is -2.40. The smallest absolute Gasteiger partial charge is 0.412 e. The number of nitrogens with zero attached hydrogens (tertiary/aromatic N) is 4. The number of halogens is 2. The van der Waals surface area contributed by atoms with Gasteiger partial charge in [-0.25, -0.2) is 23.2 Å². The fourth-order valence-electron chi connectivity index (χ4n) is 8.46. The highest BCUT2D eigenvalue weighted by molar-refractivity contribution is 6.08. The van der Waals surface area contributed by atoms with E-state index in [9.17, 15) is 37.9 Å². The maximum atomic E-state index is 14.9. The number of hydrogen-bond donors (Lipinski definition) is 7. The Morgan fingerprint density at radius 1 is 0.593 bits per heavy atom. The number of hydrogen-bond acceptors (Lipinski definition) is 8. The number of urea groups is 2. The van der Waals surface area contributed by atoms with Gasteiger partial charge in [0, 0.05) is 89.4 Å².